The Hall–Kier alpha value is -2.55. The fourth-order valence-corrected chi connectivity index (χ4v) is 2.56. The van der Waals surface area contributed by atoms with Gasteiger partial charge in [-0.3, -0.25) is 4.79 Å². The Balaban J connectivity index is 1.70. The van der Waals surface area contributed by atoms with Gasteiger partial charge in [-0.05, 0) is 43.9 Å². The third-order valence-corrected chi connectivity index (χ3v) is 4.12. The van der Waals surface area contributed by atoms with Crippen molar-refractivity contribution in [2.45, 2.75) is 26.7 Å². The summed E-state index contributed by atoms with van der Waals surface area (Å²) in [5.41, 5.74) is 1.51. The fourth-order valence-electron chi connectivity index (χ4n) is 2.56. The van der Waals surface area contributed by atoms with Crippen LogP contribution >= 0.6 is 0 Å². The van der Waals surface area contributed by atoms with Crippen molar-refractivity contribution in [2.24, 2.45) is 5.41 Å². The van der Waals surface area contributed by atoms with Crippen LogP contribution in [-0.2, 0) is 11.2 Å². The smallest absolute Gasteiger partial charge is 0.320 e. The molecule has 1 aliphatic rings. The minimum atomic E-state index is -0.716. The number of ether oxygens (including phenoxy) is 2. The maximum Gasteiger partial charge on any atom is 0.320 e. The zero-order valence-corrected chi connectivity index (χ0v) is 14.1. The zero-order valence-electron chi connectivity index (χ0n) is 14.1. The molecule has 0 bridgehead atoms. The van der Waals surface area contributed by atoms with E-state index >= 15 is 0 Å². The van der Waals surface area contributed by atoms with Crippen molar-refractivity contribution < 1.29 is 14.3 Å². The number of benzene rings is 2. The van der Waals surface area contributed by atoms with E-state index in [-0.39, 0.29) is 5.97 Å². The van der Waals surface area contributed by atoms with Gasteiger partial charge in [0.1, 0.15) is 11.5 Å². The first-order chi connectivity index (χ1) is 11.5. The zero-order chi connectivity index (χ0) is 17.0. The number of rotatable bonds is 4. The lowest BCUT2D eigenvalue weighted by Crippen LogP contribution is -2.27. The van der Waals surface area contributed by atoms with Crippen LogP contribution in [0.4, 0.5) is 0 Å². The largest absolute Gasteiger partial charge is 0.493 e. The van der Waals surface area contributed by atoms with Crippen molar-refractivity contribution in [1.29, 1.82) is 0 Å². The SMILES string of the molecule is CC(C)(/C=C/c1ccccc1)C(=O)Oc1ccc2c(c1)OCCC2. The molecular weight excluding hydrogens is 300 g/mol. The summed E-state index contributed by atoms with van der Waals surface area (Å²) in [5.74, 6) is 1.07. The predicted molar refractivity (Wildman–Crippen MR) is 95.2 cm³/mol. The number of aryl methyl sites for hydroxylation is 1. The van der Waals surface area contributed by atoms with Crippen LogP contribution < -0.4 is 9.47 Å². The van der Waals surface area contributed by atoms with E-state index in [4.69, 9.17) is 9.47 Å². The van der Waals surface area contributed by atoms with Crippen LogP contribution in [0.25, 0.3) is 6.08 Å². The second-order valence-electron chi connectivity index (χ2n) is 6.58. The molecule has 2 aromatic carbocycles. The highest BCUT2D eigenvalue weighted by Crippen LogP contribution is 2.30. The van der Waals surface area contributed by atoms with Gasteiger partial charge < -0.3 is 9.47 Å². The van der Waals surface area contributed by atoms with Gasteiger partial charge in [-0.1, -0.05) is 48.6 Å². The van der Waals surface area contributed by atoms with E-state index < -0.39 is 5.41 Å². The second kappa shape index (κ2) is 6.91. The molecule has 0 amide bonds. The van der Waals surface area contributed by atoms with Gasteiger partial charge in [0.05, 0.1) is 12.0 Å². The number of fused-ring (bicyclic) bond motifs is 1. The Bertz CT molecular complexity index is 745. The van der Waals surface area contributed by atoms with Gasteiger partial charge >= 0.3 is 5.97 Å². The lowest BCUT2D eigenvalue weighted by atomic mass is 9.92. The highest BCUT2D eigenvalue weighted by molar-refractivity contribution is 5.81. The molecule has 0 spiro atoms. The summed E-state index contributed by atoms with van der Waals surface area (Å²) in [5, 5.41) is 0. The summed E-state index contributed by atoms with van der Waals surface area (Å²) in [7, 11) is 0. The number of hydrogen-bond acceptors (Lipinski definition) is 3. The maximum atomic E-state index is 12.5. The minimum Gasteiger partial charge on any atom is -0.493 e. The van der Waals surface area contributed by atoms with Crippen molar-refractivity contribution in [3.8, 4) is 11.5 Å². The fraction of sp³-hybridized carbons (Fsp3) is 0.286. The Morgan fingerprint density at radius 2 is 1.96 bits per heavy atom. The van der Waals surface area contributed by atoms with Gasteiger partial charge in [0.25, 0.3) is 0 Å². The number of hydrogen-bond donors (Lipinski definition) is 0. The van der Waals surface area contributed by atoms with Crippen molar-refractivity contribution in [3.05, 3.63) is 65.7 Å². The third-order valence-electron chi connectivity index (χ3n) is 4.12. The molecule has 0 saturated heterocycles. The maximum absolute atomic E-state index is 12.5. The van der Waals surface area contributed by atoms with Gasteiger partial charge in [0.15, 0.2) is 0 Å². The number of carbonyl (C=O) groups is 1. The first-order valence-electron chi connectivity index (χ1n) is 8.27. The van der Waals surface area contributed by atoms with E-state index in [0.717, 1.165) is 30.8 Å². The molecule has 0 radical (unpaired) electrons. The Morgan fingerprint density at radius 1 is 1.17 bits per heavy atom. The summed E-state index contributed by atoms with van der Waals surface area (Å²) < 4.78 is 11.2. The van der Waals surface area contributed by atoms with Crippen LogP contribution in [0.3, 0.4) is 0 Å². The standard InChI is InChI=1S/C21H22O3/c1-21(2,13-12-16-7-4-3-5-8-16)20(22)24-18-11-10-17-9-6-14-23-19(17)15-18/h3-5,7-8,10-13,15H,6,9,14H2,1-2H3/b13-12+. The molecule has 0 unspecified atom stereocenters. The van der Waals surface area contributed by atoms with E-state index in [1.165, 1.54) is 5.56 Å². The van der Waals surface area contributed by atoms with Gasteiger partial charge in [-0.2, -0.15) is 0 Å². The van der Waals surface area contributed by atoms with E-state index in [2.05, 4.69) is 0 Å². The second-order valence-corrected chi connectivity index (χ2v) is 6.58. The monoisotopic (exact) mass is 322 g/mol. The molecule has 0 saturated carbocycles. The average Bonchev–Trinajstić information content (AvgIpc) is 2.61. The van der Waals surface area contributed by atoms with Gasteiger partial charge in [0, 0.05) is 6.07 Å². The van der Waals surface area contributed by atoms with Gasteiger partial charge in [0.2, 0.25) is 0 Å². The molecule has 3 rings (SSSR count). The van der Waals surface area contributed by atoms with Gasteiger partial charge in [-0.25, -0.2) is 0 Å². The van der Waals surface area contributed by atoms with Crippen molar-refractivity contribution >= 4 is 12.0 Å². The third kappa shape index (κ3) is 3.85. The molecule has 124 valence electrons. The molecule has 0 aromatic heterocycles. The van der Waals surface area contributed by atoms with Crippen molar-refractivity contribution in [1.82, 2.24) is 0 Å². The summed E-state index contributed by atoms with van der Waals surface area (Å²) in [6.07, 6.45) is 5.86. The Labute approximate surface area is 142 Å². The lowest BCUT2D eigenvalue weighted by molar-refractivity contribution is -0.141. The number of esters is 1. The topological polar surface area (TPSA) is 35.5 Å². The molecular formula is C21H22O3. The molecule has 24 heavy (non-hydrogen) atoms. The summed E-state index contributed by atoms with van der Waals surface area (Å²) in [4.78, 5) is 12.5. The van der Waals surface area contributed by atoms with E-state index in [0.29, 0.717) is 5.75 Å². The van der Waals surface area contributed by atoms with Crippen molar-refractivity contribution in [2.75, 3.05) is 6.61 Å². The van der Waals surface area contributed by atoms with Crippen LogP contribution in [0, 0.1) is 5.41 Å². The Kier molecular flexibility index (Phi) is 4.70. The molecule has 2 aromatic rings. The summed E-state index contributed by atoms with van der Waals surface area (Å²) in [6.45, 7) is 4.42. The van der Waals surface area contributed by atoms with E-state index in [9.17, 15) is 4.79 Å². The van der Waals surface area contributed by atoms with E-state index in [1.807, 2.05) is 74.5 Å². The van der Waals surface area contributed by atoms with Crippen LogP contribution in [0.15, 0.2) is 54.6 Å². The highest BCUT2D eigenvalue weighted by Gasteiger charge is 2.27. The molecule has 1 heterocycles. The number of carbonyl (C=O) groups excluding carboxylic acids is 1. The van der Waals surface area contributed by atoms with Crippen molar-refractivity contribution in [3.63, 3.8) is 0 Å². The van der Waals surface area contributed by atoms with Gasteiger partial charge in [-0.15, -0.1) is 0 Å². The molecule has 3 heteroatoms. The van der Waals surface area contributed by atoms with Crippen LogP contribution in [0.5, 0.6) is 11.5 Å². The minimum absolute atomic E-state index is 0.287. The molecule has 1 aliphatic heterocycles. The van der Waals surface area contributed by atoms with E-state index in [1.54, 1.807) is 0 Å². The normalized spacial score (nSPS) is 14.1. The quantitative estimate of drug-likeness (QED) is 0.607. The molecule has 0 atom stereocenters. The summed E-state index contributed by atoms with van der Waals surface area (Å²) in [6, 6.07) is 15.5. The first-order valence-corrected chi connectivity index (χ1v) is 8.27. The molecule has 0 aliphatic carbocycles. The van der Waals surface area contributed by atoms with Crippen LogP contribution in [0.1, 0.15) is 31.4 Å². The molecule has 3 nitrogen and oxygen atoms in total. The first kappa shape index (κ1) is 16.3. The molecule has 0 N–H and O–H groups in total. The lowest BCUT2D eigenvalue weighted by Gasteiger charge is -2.20. The van der Waals surface area contributed by atoms with Crippen LogP contribution in [0.2, 0.25) is 0 Å². The summed E-state index contributed by atoms with van der Waals surface area (Å²) >= 11 is 0. The van der Waals surface area contributed by atoms with Crippen LogP contribution in [-0.4, -0.2) is 12.6 Å². The Morgan fingerprint density at radius 3 is 2.75 bits per heavy atom. The highest BCUT2D eigenvalue weighted by atomic mass is 16.5. The molecule has 0 fully saturated rings. The predicted octanol–water partition coefficient (Wildman–Crippen LogP) is 4.66. The average molecular weight is 322 g/mol.